The number of esters is 1. The van der Waals surface area contributed by atoms with E-state index < -0.39 is 0 Å². The lowest BCUT2D eigenvalue weighted by molar-refractivity contribution is -0.173. The molecule has 1 aromatic carbocycles. The first-order chi connectivity index (χ1) is 6.86. The van der Waals surface area contributed by atoms with Crippen LogP contribution in [0.2, 0.25) is 0 Å². The van der Waals surface area contributed by atoms with Gasteiger partial charge in [-0.1, -0.05) is 30.3 Å². The molecule has 2 rings (SSSR count). The topological polar surface area (TPSA) is 47.6 Å². The number of hydrogen-bond acceptors (Lipinski definition) is 4. The molecule has 4 heteroatoms. The lowest BCUT2D eigenvalue weighted by Crippen LogP contribution is -2.50. The van der Waals surface area contributed by atoms with Crippen LogP contribution in [-0.4, -0.2) is 18.6 Å². The summed E-state index contributed by atoms with van der Waals surface area (Å²) in [5.74, 6) is -0.252. The van der Waals surface area contributed by atoms with E-state index in [0.717, 1.165) is 5.56 Å². The number of nitrogens with one attached hydrogen (secondary N) is 1. The molecular formula is C10H11NO3. The monoisotopic (exact) mass is 193 g/mol. The first kappa shape index (κ1) is 9.18. The smallest absolute Gasteiger partial charge is 0.329 e. The third-order valence-corrected chi connectivity index (χ3v) is 1.98. The Kier molecular flexibility index (Phi) is 2.76. The van der Waals surface area contributed by atoms with Gasteiger partial charge in [-0.15, -0.1) is 0 Å². The molecule has 1 fully saturated rings. The van der Waals surface area contributed by atoms with Crippen molar-refractivity contribution in [1.29, 1.82) is 0 Å². The minimum atomic E-state index is -0.293. The van der Waals surface area contributed by atoms with Crippen LogP contribution in [0, 0.1) is 0 Å². The zero-order valence-corrected chi connectivity index (χ0v) is 7.60. The summed E-state index contributed by atoms with van der Waals surface area (Å²) in [6.45, 7) is 0.845. The van der Waals surface area contributed by atoms with Crippen molar-refractivity contribution in [1.82, 2.24) is 5.48 Å². The zero-order chi connectivity index (χ0) is 9.80. The van der Waals surface area contributed by atoms with Gasteiger partial charge in [0.25, 0.3) is 0 Å². The van der Waals surface area contributed by atoms with Crippen molar-refractivity contribution in [2.24, 2.45) is 0 Å². The van der Waals surface area contributed by atoms with E-state index in [9.17, 15) is 4.79 Å². The van der Waals surface area contributed by atoms with Crippen molar-refractivity contribution in [2.75, 3.05) is 6.61 Å². The summed E-state index contributed by atoms with van der Waals surface area (Å²) in [5, 5.41) is 0. The van der Waals surface area contributed by atoms with E-state index in [4.69, 9.17) is 4.84 Å². The number of ether oxygens (including phenoxy) is 1. The highest BCUT2D eigenvalue weighted by molar-refractivity contribution is 5.80. The van der Waals surface area contributed by atoms with Crippen molar-refractivity contribution >= 4 is 5.97 Å². The highest BCUT2D eigenvalue weighted by Gasteiger charge is 2.30. The fourth-order valence-electron chi connectivity index (χ4n) is 1.12. The molecule has 1 atom stereocenters. The number of cyclic esters (lactones) is 1. The Morgan fingerprint density at radius 3 is 2.79 bits per heavy atom. The number of carbonyl (C=O) groups excluding carboxylic acids is 1. The second-order valence-corrected chi connectivity index (χ2v) is 3.07. The molecule has 0 aliphatic carbocycles. The highest BCUT2D eigenvalue weighted by atomic mass is 16.7. The van der Waals surface area contributed by atoms with Crippen molar-refractivity contribution in [3.63, 3.8) is 0 Å². The molecule has 0 saturated carbocycles. The van der Waals surface area contributed by atoms with E-state index >= 15 is 0 Å². The van der Waals surface area contributed by atoms with Crippen LogP contribution in [0.4, 0.5) is 0 Å². The van der Waals surface area contributed by atoms with Gasteiger partial charge in [0.2, 0.25) is 0 Å². The standard InChI is InChI=1S/C10H11NO3/c12-10-9(7-13-10)11-14-6-8-4-2-1-3-5-8/h1-5,9,11H,6-7H2. The molecule has 1 aromatic rings. The molecule has 0 spiro atoms. The van der Waals surface area contributed by atoms with Crippen LogP contribution in [0.3, 0.4) is 0 Å². The number of hydrogen-bond donors (Lipinski definition) is 1. The Morgan fingerprint density at radius 1 is 1.43 bits per heavy atom. The molecule has 0 bridgehead atoms. The minimum absolute atomic E-state index is 0.252. The minimum Gasteiger partial charge on any atom is -0.462 e. The molecular weight excluding hydrogens is 182 g/mol. The maximum Gasteiger partial charge on any atom is 0.329 e. The average molecular weight is 193 g/mol. The largest absolute Gasteiger partial charge is 0.462 e. The molecule has 1 saturated heterocycles. The van der Waals surface area contributed by atoms with Crippen LogP contribution in [-0.2, 0) is 21.0 Å². The highest BCUT2D eigenvalue weighted by Crippen LogP contribution is 2.04. The van der Waals surface area contributed by atoms with E-state index in [0.29, 0.717) is 13.2 Å². The van der Waals surface area contributed by atoms with Gasteiger partial charge in [-0.25, -0.2) is 0 Å². The summed E-state index contributed by atoms with van der Waals surface area (Å²) >= 11 is 0. The summed E-state index contributed by atoms with van der Waals surface area (Å²) in [5.41, 5.74) is 3.71. The summed E-state index contributed by atoms with van der Waals surface area (Å²) in [4.78, 5) is 15.9. The Hall–Kier alpha value is -1.39. The van der Waals surface area contributed by atoms with E-state index in [1.165, 1.54) is 0 Å². The first-order valence-corrected chi connectivity index (χ1v) is 4.44. The Balaban J connectivity index is 1.70. The van der Waals surface area contributed by atoms with Crippen LogP contribution < -0.4 is 5.48 Å². The number of rotatable bonds is 4. The van der Waals surface area contributed by atoms with Crippen LogP contribution in [0.25, 0.3) is 0 Å². The normalized spacial score (nSPS) is 20.0. The SMILES string of the molecule is O=C1OCC1NOCc1ccccc1. The van der Waals surface area contributed by atoms with Gasteiger partial charge >= 0.3 is 5.97 Å². The quantitative estimate of drug-likeness (QED) is 0.563. The molecule has 14 heavy (non-hydrogen) atoms. The summed E-state index contributed by atoms with van der Waals surface area (Å²) in [6, 6.07) is 9.45. The molecule has 0 amide bonds. The molecule has 1 heterocycles. The molecule has 1 unspecified atom stereocenters. The van der Waals surface area contributed by atoms with E-state index in [-0.39, 0.29) is 12.0 Å². The van der Waals surface area contributed by atoms with Crippen LogP contribution in [0.5, 0.6) is 0 Å². The zero-order valence-electron chi connectivity index (χ0n) is 7.60. The van der Waals surface area contributed by atoms with Gasteiger partial charge in [0, 0.05) is 0 Å². The van der Waals surface area contributed by atoms with Crippen molar-refractivity contribution in [3.8, 4) is 0 Å². The number of benzene rings is 1. The lowest BCUT2D eigenvalue weighted by Gasteiger charge is -2.24. The van der Waals surface area contributed by atoms with Crippen LogP contribution in [0.1, 0.15) is 5.56 Å². The van der Waals surface area contributed by atoms with Crippen molar-refractivity contribution in [2.45, 2.75) is 12.6 Å². The van der Waals surface area contributed by atoms with Gasteiger partial charge in [-0.3, -0.25) is 9.63 Å². The van der Waals surface area contributed by atoms with Gasteiger partial charge in [0.05, 0.1) is 6.61 Å². The van der Waals surface area contributed by atoms with Crippen LogP contribution >= 0.6 is 0 Å². The second kappa shape index (κ2) is 4.21. The molecule has 1 aliphatic heterocycles. The van der Waals surface area contributed by atoms with Gasteiger partial charge in [-0.05, 0) is 5.56 Å². The molecule has 74 valence electrons. The van der Waals surface area contributed by atoms with Gasteiger partial charge in [-0.2, -0.15) is 5.48 Å². The fourth-order valence-corrected chi connectivity index (χ4v) is 1.12. The third kappa shape index (κ3) is 2.10. The average Bonchev–Trinajstić information content (AvgIpc) is 2.24. The molecule has 1 N–H and O–H groups in total. The maximum absolute atomic E-state index is 10.7. The third-order valence-electron chi connectivity index (χ3n) is 1.98. The maximum atomic E-state index is 10.7. The van der Waals surface area contributed by atoms with Crippen molar-refractivity contribution < 1.29 is 14.4 Å². The van der Waals surface area contributed by atoms with Gasteiger partial charge < -0.3 is 4.74 Å². The summed E-state index contributed by atoms with van der Waals surface area (Å²) in [7, 11) is 0. The van der Waals surface area contributed by atoms with E-state index in [1.54, 1.807) is 0 Å². The van der Waals surface area contributed by atoms with Crippen molar-refractivity contribution in [3.05, 3.63) is 35.9 Å². The first-order valence-electron chi connectivity index (χ1n) is 4.44. The fraction of sp³-hybridized carbons (Fsp3) is 0.300. The molecule has 0 aromatic heterocycles. The van der Waals surface area contributed by atoms with Gasteiger partial charge in [0.1, 0.15) is 6.61 Å². The van der Waals surface area contributed by atoms with Gasteiger partial charge in [0.15, 0.2) is 6.04 Å². The number of carbonyl (C=O) groups is 1. The molecule has 0 radical (unpaired) electrons. The van der Waals surface area contributed by atoms with E-state index in [1.807, 2.05) is 30.3 Å². The predicted octanol–water partition coefficient (Wildman–Crippen LogP) is 0.633. The van der Waals surface area contributed by atoms with E-state index in [2.05, 4.69) is 10.2 Å². The predicted molar refractivity (Wildman–Crippen MR) is 49.1 cm³/mol. The Labute approximate surface area is 81.8 Å². The summed E-state index contributed by atoms with van der Waals surface area (Å²) < 4.78 is 4.56. The number of hydroxylamine groups is 1. The second-order valence-electron chi connectivity index (χ2n) is 3.07. The van der Waals surface area contributed by atoms with Crippen LogP contribution in [0.15, 0.2) is 30.3 Å². The molecule has 4 nitrogen and oxygen atoms in total. The molecule has 1 aliphatic rings. The summed E-state index contributed by atoms with van der Waals surface area (Å²) in [6.07, 6.45) is 0. The Bertz CT molecular complexity index is 312. The Morgan fingerprint density at radius 2 is 2.21 bits per heavy atom. The lowest BCUT2D eigenvalue weighted by atomic mass is 10.2.